The van der Waals surface area contributed by atoms with Crippen LogP contribution < -0.4 is 16.2 Å². The molecule has 0 amide bonds. The lowest BCUT2D eigenvalue weighted by Gasteiger charge is -2.24. The van der Waals surface area contributed by atoms with Gasteiger partial charge in [-0.1, -0.05) is 6.07 Å². The van der Waals surface area contributed by atoms with Crippen LogP contribution >= 0.6 is 0 Å². The average Bonchev–Trinajstić information content (AvgIpc) is 2.25. The van der Waals surface area contributed by atoms with Gasteiger partial charge in [-0.05, 0) is 33.3 Å². The van der Waals surface area contributed by atoms with E-state index in [1.54, 1.807) is 12.3 Å². The molecule has 0 aliphatic carbocycles. The second-order valence-corrected chi connectivity index (χ2v) is 5.47. The van der Waals surface area contributed by atoms with E-state index in [9.17, 15) is 4.79 Å². The zero-order chi connectivity index (χ0) is 12.9. The van der Waals surface area contributed by atoms with Crippen molar-refractivity contribution in [2.24, 2.45) is 0 Å². The number of hydrogen-bond acceptors (Lipinski definition) is 3. The molecule has 0 spiro atoms. The van der Waals surface area contributed by atoms with Crippen LogP contribution in [0.25, 0.3) is 0 Å². The molecule has 4 nitrogen and oxygen atoms in total. The molecule has 17 heavy (non-hydrogen) atoms. The molecule has 0 aromatic carbocycles. The summed E-state index contributed by atoms with van der Waals surface area (Å²) in [6, 6.07) is 3.78. The summed E-state index contributed by atoms with van der Waals surface area (Å²) in [7, 11) is 0. The summed E-state index contributed by atoms with van der Waals surface area (Å²) in [4.78, 5) is 13.6. The molecule has 0 fully saturated rings. The van der Waals surface area contributed by atoms with E-state index >= 15 is 0 Å². The number of hydrogen-bond donors (Lipinski definition) is 3. The Labute approximate surface area is 103 Å². The summed E-state index contributed by atoms with van der Waals surface area (Å²) in [5.74, 6) is 0. The van der Waals surface area contributed by atoms with Gasteiger partial charge in [0, 0.05) is 36.9 Å². The number of rotatable bonds is 5. The largest absolute Gasteiger partial charge is 0.329 e. The third-order valence-corrected chi connectivity index (χ3v) is 2.44. The zero-order valence-electron chi connectivity index (χ0n) is 11.1. The fraction of sp³-hybridized carbons (Fsp3) is 0.615. The number of pyridine rings is 1. The molecule has 1 rings (SSSR count). The minimum absolute atomic E-state index is 0.0591. The maximum atomic E-state index is 10.9. The lowest BCUT2D eigenvalue weighted by atomic mass is 10.1. The van der Waals surface area contributed by atoms with Crippen molar-refractivity contribution in [1.82, 2.24) is 15.6 Å². The van der Waals surface area contributed by atoms with E-state index in [4.69, 9.17) is 0 Å². The molecule has 0 radical (unpaired) electrons. The summed E-state index contributed by atoms with van der Waals surface area (Å²) >= 11 is 0. The molecule has 0 aliphatic heterocycles. The molecular formula is C13H23N3O. The smallest absolute Gasteiger partial charge is 0.247 e. The quantitative estimate of drug-likeness (QED) is 0.722. The van der Waals surface area contributed by atoms with Crippen LogP contribution in [0.4, 0.5) is 0 Å². The normalized spacial score (nSPS) is 13.6. The number of H-pyrrole nitrogens is 1. The van der Waals surface area contributed by atoms with Gasteiger partial charge < -0.3 is 15.6 Å². The fourth-order valence-corrected chi connectivity index (χ4v) is 1.38. The third-order valence-electron chi connectivity index (χ3n) is 2.44. The monoisotopic (exact) mass is 237 g/mol. The lowest BCUT2D eigenvalue weighted by Crippen LogP contribution is -2.44. The first kappa shape index (κ1) is 13.9. The van der Waals surface area contributed by atoms with Gasteiger partial charge in [-0.25, -0.2) is 0 Å². The Morgan fingerprint density at radius 1 is 1.35 bits per heavy atom. The Kier molecular flexibility index (Phi) is 4.90. The van der Waals surface area contributed by atoms with E-state index in [1.807, 2.05) is 6.07 Å². The lowest BCUT2D eigenvalue weighted by molar-refractivity contribution is 0.387. The van der Waals surface area contributed by atoms with Crippen LogP contribution in [0.1, 0.15) is 33.3 Å². The molecule has 0 bridgehead atoms. The second kappa shape index (κ2) is 5.98. The van der Waals surface area contributed by atoms with Crippen molar-refractivity contribution in [1.29, 1.82) is 0 Å². The maximum absolute atomic E-state index is 10.9. The van der Waals surface area contributed by atoms with Crippen molar-refractivity contribution in [3.05, 3.63) is 34.2 Å². The summed E-state index contributed by atoms with van der Waals surface area (Å²) < 4.78 is 0. The summed E-state index contributed by atoms with van der Waals surface area (Å²) in [5, 5.41) is 6.85. The van der Waals surface area contributed by atoms with Crippen molar-refractivity contribution in [2.75, 3.05) is 6.54 Å². The molecule has 0 aliphatic rings. The van der Waals surface area contributed by atoms with E-state index < -0.39 is 0 Å². The van der Waals surface area contributed by atoms with Crippen LogP contribution in [0, 0.1) is 0 Å². The first-order chi connectivity index (χ1) is 7.87. The topological polar surface area (TPSA) is 56.9 Å². The number of aromatic amines is 1. The van der Waals surface area contributed by atoms with Crippen molar-refractivity contribution in [3.63, 3.8) is 0 Å². The first-order valence-electron chi connectivity index (χ1n) is 6.03. The highest BCUT2D eigenvalue weighted by atomic mass is 16.1. The highest BCUT2D eigenvalue weighted by Gasteiger charge is 2.10. The third kappa shape index (κ3) is 6.24. The van der Waals surface area contributed by atoms with E-state index in [0.717, 1.165) is 18.7 Å². The molecule has 96 valence electrons. The molecule has 1 aromatic rings. The molecule has 1 heterocycles. The number of nitrogens with one attached hydrogen (secondary N) is 3. The van der Waals surface area contributed by atoms with Crippen molar-refractivity contribution in [2.45, 2.75) is 45.8 Å². The second-order valence-electron chi connectivity index (χ2n) is 5.47. The van der Waals surface area contributed by atoms with E-state index in [0.29, 0.717) is 6.04 Å². The van der Waals surface area contributed by atoms with Gasteiger partial charge in [0.2, 0.25) is 5.56 Å². The van der Waals surface area contributed by atoms with Crippen LogP contribution in [0.5, 0.6) is 0 Å². The Balaban J connectivity index is 2.30. The molecule has 1 aromatic heterocycles. The van der Waals surface area contributed by atoms with Crippen LogP contribution in [0.2, 0.25) is 0 Å². The van der Waals surface area contributed by atoms with Gasteiger partial charge in [0.05, 0.1) is 0 Å². The predicted octanol–water partition coefficient (Wildman–Crippen LogP) is 1.24. The summed E-state index contributed by atoms with van der Waals surface area (Å²) in [6.07, 6.45) is 1.75. The highest BCUT2D eigenvalue weighted by molar-refractivity contribution is 5.08. The molecule has 0 saturated heterocycles. The Hall–Kier alpha value is -1.13. The first-order valence-corrected chi connectivity index (χ1v) is 6.03. The predicted molar refractivity (Wildman–Crippen MR) is 71.1 cm³/mol. The standard InChI is InChI=1S/C13H23N3O/c1-10(7-16-13(2,3)4)14-8-11-5-6-12(17)15-9-11/h5-6,9-10,14,16H,7-8H2,1-4H3,(H,15,17). The van der Waals surface area contributed by atoms with Gasteiger partial charge in [0.15, 0.2) is 0 Å². The molecule has 1 atom stereocenters. The minimum atomic E-state index is -0.0591. The van der Waals surface area contributed by atoms with E-state index in [2.05, 4.69) is 43.3 Å². The molecule has 0 saturated carbocycles. The molecular weight excluding hydrogens is 214 g/mol. The van der Waals surface area contributed by atoms with Gasteiger partial charge >= 0.3 is 0 Å². The van der Waals surface area contributed by atoms with Gasteiger partial charge in [0.25, 0.3) is 0 Å². The van der Waals surface area contributed by atoms with Crippen molar-refractivity contribution < 1.29 is 0 Å². The minimum Gasteiger partial charge on any atom is -0.329 e. The summed E-state index contributed by atoms with van der Waals surface area (Å²) in [5.41, 5.74) is 1.18. The van der Waals surface area contributed by atoms with Gasteiger partial charge in [0.1, 0.15) is 0 Å². The summed E-state index contributed by atoms with van der Waals surface area (Å²) in [6.45, 7) is 10.3. The highest BCUT2D eigenvalue weighted by Crippen LogP contribution is 1.99. The molecule has 4 heteroatoms. The van der Waals surface area contributed by atoms with Gasteiger partial charge in [-0.15, -0.1) is 0 Å². The van der Waals surface area contributed by atoms with Crippen LogP contribution in [0.15, 0.2) is 23.1 Å². The SMILES string of the molecule is CC(CNC(C)(C)C)NCc1ccc(=O)[nH]c1. The number of aromatic nitrogens is 1. The van der Waals surface area contributed by atoms with Gasteiger partial charge in [-0.2, -0.15) is 0 Å². The molecule has 1 unspecified atom stereocenters. The Morgan fingerprint density at radius 3 is 2.59 bits per heavy atom. The molecule has 3 N–H and O–H groups in total. The Morgan fingerprint density at radius 2 is 2.06 bits per heavy atom. The van der Waals surface area contributed by atoms with Gasteiger partial charge in [-0.3, -0.25) is 4.79 Å². The average molecular weight is 237 g/mol. The van der Waals surface area contributed by atoms with Crippen molar-refractivity contribution >= 4 is 0 Å². The zero-order valence-corrected chi connectivity index (χ0v) is 11.1. The van der Waals surface area contributed by atoms with Crippen LogP contribution in [-0.4, -0.2) is 23.1 Å². The van der Waals surface area contributed by atoms with E-state index in [1.165, 1.54) is 0 Å². The van der Waals surface area contributed by atoms with Crippen LogP contribution in [0.3, 0.4) is 0 Å². The van der Waals surface area contributed by atoms with E-state index in [-0.39, 0.29) is 11.1 Å². The van der Waals surface area contributed by atoms with Crippen LogP contribution in [-0.2, 0) is 6.54 Å². The van der Waals surface area contributed by atoms with Crippen molar-refractivity contribution in [3.8, 4) is 0 Å². The fourth-order valence-electron chi connectivity index (χ4n) is 1.38. The maximum Gasteiger partial charge on any atom is 0.247 e. The Bertz CT molecular complexity index is 372.